The Balaban J connectivity index is 2.07. The van der Waals surface area contributed by atoms with Gasteiger partial charge in [0.05, 0.1) is 13.2 Å². The molecule has 4 heteroatoms. The summed E-state index contributed by atoms with van der Waals surface area (Å²) in [6, 6.07) is 6.27. The zero-order valence-electron chi connectivity index (χ0n) is 11.6. The fourth-order valence-corrected chi connectivity index (χ4v) is 2.33. The molecule has 1 aliphatic rings. The number of benzene rings is 1. The number of rotatable bonds is 5. The van der Waals surface area contributed by atoms with Crippen molar-refractivity contribution in [3.63, 3.8) is 0 Å². The molecule has 1 aromatic carbocycles. The normalized spacial score (nSPS) is 16.8. The zero-order chi connectivity index (χ0) is 13.7. The maximum Gasteiger partial charge on any atom is 0.125 e. The molecule has 1 aliphatic heterocycles. The van der Waals surface area contributed by atoms with Gasteiger partial charge in [0.2, 0.25) is 0 Å². The molecule has 3 nitrogen and oxygen atoms in total. The summed E-state index contributed by atoms with van der Waals surface area (Å²) in [5.41, 5.74) is 1.05. The molecule has 19 heavy (non-hydrogen) atoms. The number of ether oxygens (including phenoxy) is 2. The summed E-state index contributed by atoms with van der Waals surface area (Å²) < 4.78 is 11.4. The van der Waals surface area contributed by atoms with E-state index in [1.807, 2.05) is 18.2 Å². The van der Waals surface area contributed by atoms with Gasteiger partial charge in [0.1, 0.15) is 11.9 Å². The van der Waals surface area contributed by atoms with Gasteiger partial charge < -0.3 is 14.8 Å². The average Bonchev–Trinajstić information content (AvgIpc) is 2.39. The SMILES string of the molecule is CC(C)NCc1c(Cl)cccc1OC1CCOCC1. The summed E-state index contributed by atoms with van der Waals surface area (Å²) in [5, 5.41) is 4.15. The predicted octanol–water partition coefficient (Wildman–Crippen LogP) is 3.40. The van der Waals surface area contributed by atoms with Crippen molar-refractivity contribution >= 4 is 11.6 Å². The van der Waals surface area contributed by atoms with E-state index in [4.69, 9.17) is 21.1 Å². The van der Waals surface area contributed by atoms with Crippen molar-refractivity contribution in [2.24, 2.45) is 0 Å². The van der Waals surface area contributed by atoms with Crippen LogP contribution in [0.4, 0.5) is 0 Å². The zero-order valence-corrected chi connectivity index (χ0v) is 12.4. The lowest BCUT2D eigenvalue weighted by atomic mass is 10.1. The van der Waals surface area contributed by atoms with Crippen molar-refractivity contribution in [3.05, 3.63) is 28.8 Å². The van der Waals surface area contributed by atoms with Crippen LogP contribution in [0.5, 0.6) is 5.75 Å². The van der Waals surface area contributed by atoms with E-state index in [0.29, 0.717) is 6.04 Å². The van der Waals surface area contributed by atoms with Crippen molar-refractivity contribution in [1.29, 1.82) is 0 Å². The minimum absolute atomic E-state index is 0.241. The van der Waals surface area contributed by atoms with Crippen LogP contribution in [0, 0.1) is 0 Å². The van der Waals surface area contributed by atoms with Gasteiger partial charge in [0, 0.05) is 36.0 Å². The van der Waals surface area contributed by atoms with Crippen molar-refractivity contribution in [1.82, 2.24) is 5.32 Å². The first-order chi connectivity index (χ1) is 9.16. The summed E-state index contributed by atoms with van der Waals surface area (Å²) in [6.07, 6.45) is 2.14. The lowest BCUT2D eigenvalue weighted by molar-refractivity contribution is 0.0251. The highest BCUT2D eigenvalue weighted by Crippen LogP contribution is 2.28. The van der Waals surface area contributed by atoms with E-state index in [2.05, 4.69) is 19.2 Å². The van der Waals surface area contributed by atoms with Crippen LogP contribution in [0.15, 0.2) is 18.2 Å². The van der Waals surface area contributed by atoms with E-state index in [1.165, 1.54) is 0 Å². The highest BCUT2D eigenvalue weighted by molar-refractivity contribution is 6.31. The van der Waals surface area contributed by atoms with Crippen LogP contribution in [0.1, 0.15) is 32.3 Å². The molecular formula is C15H22ClNO2. The quantitative estimate of drug-likeness (QED) is 0.898. The molecule has 0 bridgehead atoms. The molecule has 0 unspecified atom stereocenters. The third-order valence-corrected chi connectivity index (χ3v) is 3.58. The topological polar surface area (TPSA) is 30.5 Å². The van der Waals surface area contributed by atoms with Gasteiger partial charge in [-0.3, -0.25) is 0 Å². The molecule has 0 aromatic heterocycles. The highest BCUT2D eigenvalue weighted by Gasteiger charge is 2.17. The second-order valence-electron chi connectivity index (χ2n) is 5.18. The second kappa shape index (κ2) is 7.13. The molecule has 0 atom stereocenters. The van der Waals surface area contributed by atoms with E-state index in [-0.39, 0.29) is 6.10 Å². The first-order valence-electron chi connectivity index (χ1n) is 6.92. The van der Waals surface area contributed by atoms with Crippen LogP contribution in [0.3, 0.4) is 0 Å². The van der Waals surface area contributed by atoms with Crippen molar-refractivity contribution in [2.45, 2.75) is 45.4 Å². The fourth-order valence-electron chi connectivity index (χ4n) is 2.10. The summed E-state index contributed by atoms with van der Waals surface area (Å²) in [7, 11) is 0. The number of nitrogens with one attached hydrogen (secondary N) is 1. The molecule has 1 N–H and O–H groups in total. The largest absolute Gasteiger partial charge is 0.490 e. The van der Waals surface area contributed by atoms with E-state index >= 15 is 0 Å². The molecule has 0 amide bonds. The van der Waals surface area contributed by atoms with E-state index in [1.54, 1.807) is 0 Å². The highest BCUT2D eigenvalue weighted by atomic mass is 35.5. The second-order valence-corrected chi connectivity index (χ2v) is 5.59. The Kier molecular flexibility index (Phi) is 5.49. The van der Waals surface area contributed by atoms with Crippen LogP contribution in [0.2, 0.25) is 5.02 Å². The predicted molar refractivity (Wildman–Crippen MR) is 77.9 cm³/mol. The monoisotopic (exact) mass is 283 g/mol. The van der Waals surface area contributed by atoms with Gasteiger partial charge >= 0.3 is 0 Å². The third kappa shape index (κ3) is 4.37. The van der Waals surface area contributed by atoms with Gasteiger partial charge in [-0.2, -0.15) is 0 Å². The van der Waals surface area contributed by atoms with Gasteiger partial charge in [-0.1, -0.05) is 31.5 Å². The molecule has 0 radical (unpaired) electrons. The first kappa shape index (κ1) is 14.6. The van der Waals surface area contributed by atoms with Gasteiger partial charge in [-0.15, -0.1) is 0 Å². The molecule has 106 valence electrons. The van der Waals surface area contributed by atoms with Gasteiger partial charge in [-0.25, -0.2) is 0 Å². The molecule has 1 saturated heterocycles. The molecule has 0 spiro atoms. The van der Waals surface area contributed by atoms with Crippen LogP contribution in [0.25, 0.3) is 0 Å². The fraction of sp³-hybridized carbons (Fsp3) is 0.600. The van der Waals surface area contributed by atoms with E-state index in [0.717, 1.165) is 48.9 Å². The Hall–Kier alpha value is -0.770. The summed E-state index contributed by atoms with van der Waals surface area (Å²) in [5.74, 6) is 0.896. The van der Waals surface area contributed by atoms with Crippen LogP contribution in [-0.4, -0.2) is 25.4 Å². The van der Waals surface area contributed by atoms with E-state index < -0.39 is 0 Å². The Morgan fingerprint density at radius 1 is 1.37 bits per heavy atom. The molecule has 2 rings (SSSR count). The van der Waals surface area contributed by atoms with Crippen molar-refractivity contribution in [2.75, 3.05) is 13.2 Å². The number of hydrogen-bond donors (Lipinski definition) is 1. The molecular weight excluding hydrogens is 262 g/mol. The van der Waals surface area contributed by atoms with Crippen LogP contribution in [-0.2, 0) is 11.3 Å². The van der Waals surface area contributed by atoms with Crippen LogP contribution >= 0.6 is 11.6 Å². The number of halogens is 1. The summed E-state index contributed by atoms with van der Waals surface area (Å²) >= 11 is 6.29. The van der Waals surface area contributed by atoms with Gasteiger partial charge in [-0.05, 0) is 12.1 Å². The summed E-state index contributed by atoms with van der Waals surface area (Å²) in [4.78, 5) is 0. The Labute approximate surface area is 120 Å². The molecule has 0 saturated carbocycles. The summed E-state index contributed by atoms with van der Waals surface area (Å²) in [6.45, 7) is 6.54. The molecule has 0 aliphatic carbocycles. The van der Waals surface area contributed by atoms with Crippen molar-refractivity contribution < 1.29 is 9.47 Å². The Morgan fingerprint density at radius 3 is 2.79 bits per heavy atom. The van der Waals surface area contributed by atoms with Crippen molar-refractivity contribution in [3.8, 4) is 5.75 Å². The molecule has 1 aromatic rings. The minimum Gasteiger partial charge on any atom is -0.490 e. The lowest BCUT2D eigenvalue weighted by Gasteiger charge is -2.25. The van der Waals surface area contributed by atoms with E-state index in [9.17, 15) is 0 Å². The minimum atomic E-state index is 0.241. The molecule has 1 heterocycles. The smallest absolute Gasteiger partial charge is 0.125 e. The van der Waals surface area contributed by atoms with Gasteiger partial charge in [0.15, 0.2) is 0 Å². The van der Waals surface area contributed by atoms with Gasteiger partial charge in [0.25, 0.3) is 0 Å². The maximum atomic E-state index is 6.29. The van der Waals surface area contributed by atoms with Crippen LogP contribution < -0.4 is 10.1 Å². The Bertz CT molecular complexity index is 403. The maximum absolute atomic E-state index is 6.29. The molecule has 1 fully saturated rings. The lowest BCUT2D eigenvalue weighted by Crippen LogP contribution is -2.27. The third-order valence-electron chi connectivity index (χ3n) is 3.22. The first-order valence-corrected chi connectivity index (χ1v) is 7.30. The standard InChI is InChI=1S/C15H22ClNO2/c1-11(2)17-10-13-14(16)4-3-5-15(13)19-12-6-8-18-9-7-12/h3-5,11-12,17H,6-10H2,1-2H3. The average molecular weight is 284 g/mol. The Morgan fingerprint density at radius 2 is 2.11 bits per heavy atom. The number of hydrogen-bond acceptors (Lipinski definition) is 3.